The summed E-state index contributed by atoms with van der Waals surface area (Å²) in [4.78, 5) is 2.48. The molecule has 23 heavy (non-hydrogen) atoms. The van der Waals surface area contributed by atoms with Gasteiger partial charge in [-0.3, -0.25) is 4.90 Å². The molecule has 0 fully saturated rings. The zero-order valence-corrected chi connectivity index (χ0v) is 13.6. The lowest BCUT2D eigenvalue weighted by atomic mass is 10.1. The van der Waals surface area contributed by atoms with Gasteiger partial charge in [0.05, 0.1) is 6.07 Å². The Hall–Kier alpha value is -2.15. The van der Waals surface area contributed by atoms with Crippen LogP contribution in [0, 0.1) is 11.3 Å². The van der Waals surface area contributed by atoms with Crippen LogP contribution in [0.5, 0.6) is 0 Å². The van der Waals surface area contributed by atoms with E-state index < -0.39 is 0 Å². The van der Waals surface area contributed by atoms with Gasteiger partial charge in [0.15, 0.2) is 0 Å². The second-order valence-electron chi connectivity index (χ2n) is 5.69. The molecule has 0 aromatic heterocycles. The Bertz CT molecular complexity index is 533. The molecule has 120 valence electrons. The summed E-state index contributed by atoms with van der Waals surface area (Å²) in [5.41, 5.74) is 2.70. The Balaban J connectivity index is 1.85. The van der Waals surface area contributed by atoms with E-state index in [1.165, 1.54) is 11.1 Å². The van der Waals surface area contributed by atoms with Crippen LogP contribution in [0.15, 0.2) is 60.7 Å². The highest BCUT2D eigenvalue weighted by molar-refractivity contribution is 5.17. The van der Waals surface area contributed by atoms with Crippen molar-refractivity contribution in [3.63, 3.8) is 0 Å². The third-order valence-electron chi connectivity index (χ3n) is 3.74. The second kappa shape index (κ2) is 10.6. The molecule has 0 aliphatic carbocycles. The maximum absolute atomic E-state index is 8.54. The van der Waals surface area contributed by atoms with Crippen LogP contribution < -0.4 is 5.32 Å². The molecule has 0 aliphatic rings. The molecule has 2 aromatic rings. The molecule has 3 nitrogen and oxygen atoms in total. The summed E-state index contributed by atoms with van der Waals surface area (Å²) < 4.78 is 0. The number of nitrogens with one attached hydrogen (secondary N) is 1. The minimum absolute atomic E-state index is 0.581. The van der Waals surface area contributed by atoms with Crippen molar-refractivity contribution in [2.75, 3.05) is 19.6 Å². The molecule has 3 heteroatoms. The minimum Gasteiger partial charge on any atom is -0.316 e. The summed E-state index contributed by atoms with van der Waals surface area (Å²) in [7, 11) is 0. The van der Waals surface area contributed by atoms with Crippen LogP contribution in [-0.4, -0.2) is 24.5 Å². The van der Waals surface area contributed by atoms with Crippen molar-refractivity contribution in [2.24, 2.45) is 0 Å². The third-order valence-corrected chi connectivity index (χ3v) is 3.74. The van der Waals surface area contributed by atoms with Crippen molar-refractivity contribution in [3.8, 4) is 6.07 Å². The van der Waals surface area contributed by atoms with Gasteiger partial charge < -0.3 is 5.32 Å². The van der Waals surface area contributed by atoms with Crippen molar-refractivity contribution in [1.82, 2.24) is 10.2 Å². The molecule has 0 saturated heterocycles. The van der Waals surface area contributed by atoms with Crippen molar-refractivity contribution < 1.29 is 0 Å². The molecule has 0 unspecified atom stereocenters. The van der Waals surface area contributed by atoms with Crippen LogP contribution in [0.4, 0.5) is 0 Å². The molecule has 0 radical (unpaired) electrons. The van der Waals surface area contributed by atoms with Gasteiger partial charge in [0.2, 0.25) is 0 Å². The van der Waals surface area contributed by atoms with Gasteiger partial charge in [-0.15, -0.1) is 0 Å². The van der Waals surface area contributed by atoms with Gasteiger partial charge in [-0.2, -0.15) is 5.26 Å². The fourth-order valence-electron chi connectivity index (χ4n) is 2.59. The average molecular weight is 307 g/mol. The zero-order valence-electron chi connectivity index (χ0n) is 13.6. The maximum atomic E-state index is 8.54. The highest BCUT2D eigenvalue weighted by Gasteiger charge is 2.06. The van der Waals surface area contributed by atoms with Crippen molar-refractivity contribution >= 4 is 0 Å². The van der Waals surface area contributed by atoms with Crippen LogP contribution in [0.1, 0.15) is 24.0 Å². The maximum Gasteiger partial charge on any atom is 0.0635 e. The molecular weight excluding hydrogens is 282 g/mol. The third kappa shape index (κ3) is 7.10. The SMILES string of the molecule is N#CCCNCCCN(Cc1ccccc1)Cc1ccccc1. The average Bonchev–Trinajstić information content (AvgIpc) is 2.60. The second-order valence-corrected chi connectivity index (χ2v) is 5.69. The summed E-state index contributed by atoms with van der Waals surface area (Å²) in [5, 5.41) is 11.9. The van der Waals surface area contributed by atoms with E-state index in [0.717, 1.165) is 39.1 Å². The monoisotopic (exact) mass is 307 g/mol. The highest BCUT2D eigenvalue weighted by Crippen LogP contribution is 2.10. The zero-order chi connectivity index (χ0) is 16.2. The Morgan fingerprint density at radius 3 is 1.91 bits per heavy atom. The molecule has 0 aliphatic heterocycles. The van der Waals surface area contributed by atoms with Crippen LogP contribution >= 0.6 is 0 Å². The van der Waals surface area contributed by atoms with E-state index in [2.05, 4.69) is 76.9 Å². The van der Waals surface area contributed by atoms with Crippen molar-refractivity contribution in [2.45, 2.75) is 25.9 Å². The quantitative estimate of drug-likeness (QED) is 0.682. The first-order valence-corrected chi connectivity index (χ1v) is 8.26. The lowest BCUT2D eigenvalue weighted by Crippen LogP contribution is -2.27. The van der Waals surface area contributed by atoms with Gasteiger partial charge in [0, 0.05) is 32.6 Å². The van der Waals surface area contributed by atoms with Crippen molar-refractivity contribution in [1.29, 1.82) is 5.26 Å². The van der Waals surface area contributed by atoms with E-state index in [1.54, 1.807) is 0 Å². The predicted octanol–water partition coefficient (Wildman–Crippen LogP) is 3.58. The summed E-state index contributed by atoms with van der Waals surface area (Å²) in [5.74, 6) is 0. The number of hydrogen-bond donors (Lipinski definition) is 1. The van der Waals surface area contributed by atoms with Crippen LogP contribution in [0.3, 0.4) is 0 Å². The summed E-state index contributed by atoms with van der Waals surface area (Å²) in [6, 6.07) is 23.4. The largest absolute Gasteiger partial charge is 0.316 e. The van der Waals surface area contributed by atoms with Gasteiger partial charge in [-0.1, -0.05) is 60.7 Å². The van der Waals surface area contributed by atoms with Gasteiger partial charge >= 0.3 is 0 Å². The Labute approximate surface area is 139 Å². The van der Waals surface area contributed by atoms with Crippen molar-refractivity contribution in [3.05, 3.63) is 71.8 Å². The van der Waals surface area contributed by atoms with E-state index >= 15 is 0 Å². The minimum atomic E-state index is 0.581. The molecule has 0 atom stereocenters. The number of rotatable bonds is 10. The Morgan fingerprint density at radius 2 is 1.39 bits per heavy atom. The van der Waals surface area contributed by atoms with E-state index in [-0.39, 0.29) is 0 Å². The van der Waals surface area contributed by atoms with Crippen LogP contribution in [0.25, 0.3) is 0 Å². The summed E-state index contributed by atoms with van der Waals surface area (Å²) >= 11 is 0. The topological polar surface area (TPSA) is 39.1 Å². The van der Waals surface area contributed by atoms with E-state index in [4.69, 9.17) is 5.26 Å². The normalized spacial score (nSPS) is 10.6. The molecule has 0 heterocycles. The molecule has 0 bridgehead atoms. The molecule has 2 aromatic carbocycles. The predicted molar refractivity (Wildman–Crippen MR) is 94.7 cm³/mol. The molecule has 0 saturated carbocycles. The Morgan fingerprint density at radius 1 is 0.826 bits per heavy atom. The fourth-order valence-corrected chi connectivity index (χ4v) is 2.59. The Kier molecular flexibility index (Phi) is 7.90. The number of nitriles is 1. The standard InChI is InChI=1S/C20H25N3/c21-13-7-14-22-15-8-16-23(17-19-9-3-1-4-10-19)18-20-11-5-2-6-12-20/h1-6,9-12,22H,7-8,14-18H2. The number of hydrogen-bond acceptors (Lipinski definition) is 3. The lowest BCUT2D eigenvalue weighted by Gasteiger charge is -2.22. The van der Waals surface area contributed by atoms with Crippen LogP contribution in [-0.2, 0) is 13.1 Å². The lowest BCUT2D eigenvalue weighted by molar-refractivity contribution is 0.252. The van der Waals surface area contributed by atoms with Crippen LogP contribution in [0.2, 0.25) is 0 Å². The first-order valence-electron chi connectivity index (χ1n) is 8.26. The van der Waals surface area contributed by atoms with Gasteiger partial charge in [0.25, 0.3) is 0 Å². The molecular formula is C20H25N3. The highest BCUT2D eigenvalue weighted by atomic mass is 15.1. The van der Waals surface area contributed by atoms with E-state index in [1.807, 2.05) is 0 Å². The van der Waals surface area contributed by atoms with Gasteiger partial charge in [0.1, 0.15) is 0 Å². The van der Waals surface area contributed by atoms with Gasteiger partial charge in [-0.05, 0) is 24.1 Å². The number of nitrogens with zero attached hydrogens (tertiary/aromatic N) is 2. The molecule has 1 N–H and O–H groups in total. The molecule has 0 spiro atoms. The van der Waals surface area contributed by atoms with E-state index in [0.29, 0.717) is 6.42 Å². The first kappa shape index (κ1) is 17.2. The smallest absolute Gasteiger partial charge is 0.0635 e. The van der Waals surface area contributed by atoms with E-state index in [9.17, 15) is 0 Å². The van der Waals surface area contributed by atoms with Gasteiger partial charge in [-0.25, -0.2) is 0 Å². The fraction of sp³-hybridized carbons (Fsp3) is 0.350. The molecule has 0 amide bonds. The first-order chi connectivity index (χ1) is 11.4. The summed E-state index contributed by atoms with van der Waals surface area (Å²) in [6.45, 7) is 4.72. The molecule has 2 rings (SSSR count). The summed E-state index contributed by atoms with van der Waals surface area (Å²) in [6.07, 6.45) is 1.67. The number of benzene rings is 2.